The molecule has 0 amide bonds. The Labute approximate surface area is 220 Å². The number of alkyl halides is 6. The van der Waals surface area contributed by atoms with Crippen LogP contribution < -0.4 is 0 Å². The summed E-state index contributed by atoms with van der Waals surface area (Å²) in [7, 11) is -7.17. The first-order valence-corrected chi connectivity index (χ1v) is 16.7. The van der Waals surface area contributed by atoms with E-state index in [2.05, 4.69) is 0 Å². The molecule has 0 aliphatic carbocycles. The van der Waals surface area contributed by atoms with Crippen molar-refractivity contribution in [1.82, 2.24) is 0 Å². The molecule has 11 heteroatoms. The Bertz CT molecular complexity index is 835. The summed E-state index contributed by atoms with van der Waals surface area (Å²) in [5.41, 5.74) is -3.34. The monoisotopic (exact) mass is 580 g/mol. The highest BCUT2D eigenvalue weighted by Crippen LogP contribution is 2.54. The van der Waals surface area contributed by atoms with E-state index in [9.17, 15) is 34.8 Å². The quantitative estimate of drug-likeness (QED) is 0.128. The minimum atomic E-state index is -5.14. The molecular weight excluding hydrogens is 538 g/mol. The number of rotatable bonds is 18. The lowest BCUT2D eigenvalue weighted by Crippen LogP contribution is -2.22. The molecule has 0 aromatic heterocycles. The third-order valence-electron chi connectivity index (χ3n) is 6.19. The van der Waals surface area contributed by atoms with Crippen LogP contribution in [-0.4, -0.2) is 25.7 Å². The standard InChI is InChI=1S/C26H42F6O3S2/c1-4-7-10-13-16-36(17-14-11-8-5-2,18-15-12-9-6-3)35-37(33,34)24-20-22(25(27,28)29)19-23(21-24)26(30,31)32/h19-21H,4-18H2,1-3H3. The number of hydrogen-bond donors (Lipinski definition) is 0. The molecule has 1 aromatic rings. The molecule has 37 heavy (non-hydrogen) atoms. The van der Waals surface area contributed by atoms with Crippen LogP contribution in [0.25, 0.3) is 0 Å². The average molecular weight is 581 g/mol. The predicted molar refractivity (Wildman–Crippen MR) is 139 cm³/mol. The smallest absolute Gasteiger partial charge is 0.216 e. The van der Waals surface area contributed by atoms with Crippen molar-refractivity contribution in [3.05, 3.63) is 29.3 Å². The van der Waals surface area contributed by atoms with Gasteiger partial charge in [-0.1, -0.05) is 78.6 Å². The number of hydrogen-bond acceptors (Lipinski definition) is 3. The van der Waals surface area contributed by atoms with Crippen LogP contribution in [0.5, 0.6) is 0 Å². The summed E-state index contributed by atoms with van der Waals surface area (Å²) in [6.45, 7) is 6.13. The predicted octanol–water partition coefficient (Wildman–Crippen LogP) is 9.89. The normalized spacial score (nSPS) is 13.8. The van der Waals surface area contributed by atoms with Gasteiger partial charge in [0, 0.05) is 17.3 Å². The van der Waals surface area contributed by atoms with Crippen molar-refractivity contribution in [3.8, 4) is 0 Å². The van der Waals surface area contributed by atoms with Crippen molar-refractivity contribution in [2.75, 3.05) is 17.3 Å². The van der Waals surface area contributed by atoms with Gasteiger partial charge in [0.05, 0.1) is 16.0 Å². The fraction of sp³-hybridized carbons (Fsp3) is 0.769. The summed E-state index contributed by atoms with van der Waals surface area (Å²) in [5.74, 6) is 1.40. The first kappa shape index (κ1) is 34.1. The molecule has 1 rings (SSSR count). The van der Waals surface area contributed by atoms with Gasteiger partial charge in [-0.2, -0.15) is 34.8 Å². The van der Waals surface area contributed by atoms with Crippen molar-refractivity contribution in [2.45, 2.75) is 115 Å². The van der Waals surface area contributed by atoms with E-state index in [1.807, 2.05) is 20.8 Å². The Morgan fingerprint density at radius 3 is 1.24 bits per heavy atom. The van der Waals surface area contributed by atoms with Crippen LogP contribution >= 0.6 is 10.3 Å². The van der Waals surface area contributed by atoms with Crippen molar-refractivity contribution in [2.24, 2.45) is 0 Å². The fourth-order valence-electron chi connectivity index (χ4n) is 4.08. The van der Waals surface area contributed by atoms with Crippen molar-refractivity contribution >= 4 is 20.4 Å². The zero-order chi connectivity index (χ0) is 28.2. The minimum Gasteiger partial charge on any atom is -0.216 e. The summed E-state index contributed by atoms with van der Waals surface area (Å²) in [4.78, 5) is -1.10. The molecule has 0 heterocycles. The summed E-state index contributed by atoms with van der Waals surface area (Å²) in [5, 5.41) is 0. The van der Waals surface area contributed by atoms with E-state index in [1.165, 1.54) is 0 Å². The average Bonchev–Trinajstić information content (AvgIpc) is 2.81. The highest BCUT2D eigenvalue weighted by molar-refractivity contribution is 8.33. The van der Waals surface area contributed by atoms with Crippen LogP contribution in [0.3, 0.4) is 0 Å². The molecule has 0 atom stereocenters. The molecule has 0 radical (unpaired) electrons. The molecule has 3 nitrogen and oxygen atoms in total. The van der Waals surface area contributed by atoms with Crippen molar-refractivity contribution < 1.29 is 38.4 Å². The van der Waals surface area contributed by atoms with Gasteiger partial charge in [-0.15, -0.1) is 10.3 Å². The first-order chi connectivity index (χ1) is 17.2. The SMILES string of the molecule is CCCCCCS(CCCCCC)(CCCCCC)OS(=O)(=O)c1cc(C(F)(F)F)cc(C(F)(F)F)c1. The second-order valence-electron chi connectivity index (χ2n) is 9.52. The lowest BCUT2D eigenvalue weighted by molar-refractivity contribution is -0.143. The highest BCUT2D eigenvalue weighted by Gasteiger charge is 2.40. The van der Waals surface area contributed by atoms with Crippen LogP contribution in [0.4, 0.5) is 26.3 Å². The number of unbranched alkanes of at least 4 members (excludes halogenated alkanes) is 9. The van der Waals surface area contributed by atoms with Crippen LogP contribution in [0.2, 0.25) is 0 Å². The summed E-state index contributed by atoms with van der Waals surface area (Å²) in [6, 6.07) is 0.430. The maximum atomic E-state index is 13.4. The fourth-order valence-corrected chi connectivity index (χ4v) is 10.1. The molecule has 1 aromatic carbocycles. The Morgan fingerprint density at radius 2 is 0.946 bits per heavy atom. The Hall–Kier alpha value is -0.940. The van der Waals surface area contributed by atoms with Gasteiger partial charge in [0.2, 0.25) is 0 Å². The maximum absolute atomic E-state index is 13.4. The highest BCUT2D eigenvalue weighted by atomic mass is 32.3. The third-order valence-corrected chi connectivity index (χ3v) is 12.0. The zero-order valence-corrected chi connectivity index (χ0v) is 23.8. The van der Waals surface area contributed by atoms with Crippen LogP contribution in [0.15, 0.2) is 23.1 Å². The molecule has 0 aliphatic rings. The first-order valence-electron chi connectivity index (χ1n) is 13.2. The minimum absolute atomic E-state index is 0.0701. The largest absolute Gasteiger partial charge is 0.416 e. The molecule has 0 saturated heterocycles. The van der Waals surface area contributed by atoms with Crippen molar-refractivity contribution in [3.63, 3.8) is 0 Å². The van der Waals surface area contributed by atoms with Gasteiger partial charge in [0.15, 0.2) is 0 Å². The summed E-state index contributed by atoms with van der Waals surface area (Å²) < 4.78 is 113. The van der Waals surface area contributed by atoms with E-state index in [-0.39, 0.29) is 18.2 Å². The number of benzene rings is 1. The van der Waals surface area contributed by atoms with Crippen LogP contribution in [-0.2, 0) is 26.1 Å². The van der Waals surface area contributed by atoms with E-state index in [0.29, 0.717) is 36.5 Å². The van der Waals surface area contributed by atoms with E-state index in [0.717, 1.165) is 57.8 Å². The number of halogens is 6. The van der Waals surface area contributed by atoms with Gasteiger partial charge in [0.1, 0.15) is 0 Å². The van der Waals surface area contributed by atoms with Crippen LogP contribution in [0, 0.1) is 0 Å². The van der Waals surface area contributed by atoms with Gasteiger partial charge in [-0.25, -0.2) is 3.63 Å². The van der Waals surface area contributed by atoms with Gasteiger partial charge >= 0.3 is 22.5 Å². The molecule has 0 bridgehead atoms. The molecule has 0 saturated carbocycles. The lowest BCUT2D eigenvalue weighted by atomic mass is 10.1. The maximum Gasteiger partial charge on any atom is 0.416 e. The van der Waals surface area contributed by atoms with E-state index >= 15 is 0 Å². The third kappa shape index (κ3) is 12.2. The lowest BCUT2D eigenvalue weighted by Gasteiger charge is -2.39. The summed E-state index contributed by atoms with van der Waals surface area (Å²) >= 11 is 0. The Kier molecular flexibility index (Phi) is 14.4. The van der Waals surface area contributed by atoms with Gasteiger partial charge in [0.25, 0.3) is 0 Å². The van der Waals surface area contributed by atoms with Crippen molar-refractivity contribution in [1.29, 1.82) is 0 Å². The topological polar surface area (TPSA) is 43.4 Å². The zero-order valence-electron chi connectivity index (χ0n) is 22.1. The van der Waals surface area contributed by atoms with Crippen LogP contribution in [0.1, 0.15) is 109 Å². The van der Waals surface area contributed by atoms with Gasteiger partial charge < -0.3 is 0 Å². The molecule has 0 fully saturated rings. The molecule has 218 valence electrons. The second kappa shape index (κ2) is 15.6. The van der Waals surface area contributed by atoms with Gasteiger partial charge in [-0.3, -0.25) is 0 Å². The van der Waals surface area contributed by atoms with E-state index in [4.69, 9.17) is 3.63 Å². The Balaban J connectivity index is 3.46. The molecule has 0 spiro atoms. The molecule has 0 aliphatic heterocycles. The summed E-state index contributed by atoms with van der Waals surface area (Å²) in [6.07, 6.45) is 0.192. The van der Waals surface area contributed by atoms with Gasteiger partial charge in [-0.05, 0) is 37.5 Å². The molecule has 0 unspecified atom stereocenters. The molecular formula is C26H42F6O3S2. The van der Waals surface area contributed by atoms with E-state index in [1.54, 1.807) is 0 Å². The molecule has 0 N–H and O–H groups in total. The Morgan fingerprint density at radius 1 is 0.595 bits per heavy atom. The van der Waals surface area contributed by atoms with E-state index < -0.39 is 48.8 Å². The second-order valence-corrected chi connectivity index (χ2v) is 14.6.